The Labute approximate surface area is 175 Å². The molecule has 0 atom stereocenters. The van der Waals surface area contributed by atoms with E-state index in [0.29, 0.717) is 22.6 Å². The molecular weight excluding hydrogens is 344 g/mol. The fraction of sp³-hybridized carbons (Fsp3) is 0.360. The summed E-state index contributed by atoms with van der Waals surface area (Å²) in [6.07, 6.45) is -0.317. The van der Waals surface area contributed by atoms with E-state index in [1.54, 1.807) is 31.5 Å². The molecule has 0 amide bonds. The van der Waals surface area contributed by atoms with Gasteiger partial charge in [-0.1, -0.05) is 39.8 Å². The number of benzene rings is 1. The second-order valence-electron chi connectivity index (χ2n) is 7.47. The summed E-state index contributed by atoms with van der Waals surface area (Å²) in [6.45, 7) is 4.40. The van der Waals surface area contributed by atoms with Crippen LogP contribution >= 0.6 is 0 Å². The fourth-order valence-electron chi connectivity index (χ4n) is 3.78. The summed E-state index contributed by atoms with van der Waals surface area (Å²) in [4.78, 5) is 4.63. The quantitative estimate of drug-likeness (QED) is 0.405. The van der Waals surface area contributed by atoms with E-state index >= 15 is 0 Å². The van der Waals surface area contributed by atoms with Crippen LogP contribution in [0.25, 0.3) is 33.3 Å². The van der Waals surface area contributed by atoms with Gasteiger partial charge < -0.3 is 4.42 Å². The van der Waals surface area contributed by atoms with Crippen LogP contribution in [0.3, 0.4) is 0 Å². The Morgan fingerprint density at radius 2 is 2.04 bits per heavy atom. The summed E-state index contributed by atoms with van der Waals surface area (Å²) in [5, 5.41) is 1.83. The minimum absolute atomic E-state index is 0.0116. The number of furan rings is 1. The molecule has 3 aromatic heterocycles. The van der Waals surface area contributed by atoms with Crippen LogP contribution < -0.4 is 4.57 Å². The lowest BCUT2D eigenvalue weighted by Crippen LogP contribution is -2.32. The van der Waals surface area contributed by atoms with E-state index in [4.69, 9.17) is 12.6 Å². The summed E-state index contributed by atoms with van der Waals surface area (Å²) in [5.74, 6) is -1.23. The smallest absolute Gasteiger partial charge is 0.227 e. The largest absolute Gasteiger partial charge is 0.437 e. The number of nitrogens with zero attached hydrogens (tertiary/aromatic N) is 2. The lowest BCUT2D eigenvalue weighted by Gasteiger charge is -2.13. The van der Waals surface area contributed by atoms with Gasteiger partial charge in [-0.2, -0.15) is 0 Å². The monoisotopic (exact) mass is 379 g/mol. The van der Waals surface area contributed by atoms with Gasteiger partial charge in [0.05, 0.1) is 5.56 Å². The van der Waals surface area contributed by atoms with Gasteiger partial charge in [0, 0.05) is 36.3 Å². The Morgan fingerprint density at radius 1 is 1.25 bits per heavy atom. The van der Waals surface area contributed by atoms with Gasteiger partial charge in [0.25, 0.3) is 0 Å². The van der Waals surface area contributed by atoms with Gasteiger partial charge in [-0.3, -0.25) is 0 Å². The second-order valence-corrected chi connectivity index (χ2v) is 7.47. The molecule has 4 rings (SSSR count). The Bertz CT molecular complexity index is 1410. The summed E-state index contributed by atoms with van der Waals surface area (Å²) in [5.41, 5.74) is 4.92. The Kier molecular flexibility index (Phi) is 3.20. The van der Waals surface area contributed by atoms with Gasteiger partial charge in [-0.05, 0) is 48.9 Å². The topological polar surface area (TPSA) is 29.9 Å². The Morgan fingerprint density at radius 3 is 2.75 bits per heavy atom. The zero-order valence-electron chi connectivity index (χ0n) is 23.0. The van der Waals surface area contributed by atoms with Crippen LogP contribution in [0.5, 0.6) is 0 Å². The van der Waals surface area contributed by atoms with E-state index in [1.165, 1.54) is 6.20 Å². The van der Waals surface area contributed by atoms with Crippen LogP contribution in [0, 0.1) is 6.92 Å². The molecule has 0 N–H and O–H groups in total. The van der Waals surface area contributed by atoms with E-state index in [0.717, 1.165) is 34.0 Å². The molecule has 3 nitrogen and oxygen atoms in total. The molecule has 0 radical (unpaired) electrons. The Balaban J connectivity index is 2.07. The third-order valence-electron chi connectivity index (χ3n) is 5.34. The predicted octanol–water partition coefficient (Wildman–Crippen LogP) is 6.03. The molecule has 3 heterocycles. The van der Waals surface area contributed by atoms with Crippen LogP contribution in [-0.4, -0.2) is 4.98 Å². The van der Waals surface area contributed by atoms with Crippen LogP contribution in [0.1, 0.15) is 64.1 Å². The maximum absolute atomic E-state index is 8.68. The lowest BCUT2D eigenvalue weighted by atomic mass is 9.93. The van der Waals surface area contributed by atoms with Crippen LogP contribution in [0.4, 0.5) is 0 Å². The van der Waals surface area contributed by atoms with Crippen molar-refractivity contribution in [3.8, 4) is 11.3 Å². The normalized spacial score (nSPS) is 16.3. The standard InChI is InChI=1S/C25H29N2O/c1-7-17-14-27(6)22(13-21(17)15(3)4)23-16(5)9-11-19-20-12-10-18(8-2)26-25(20)28-24(19)23/h9-15H,7-8H2,1-6H3/q+1/i1D3,7D2,15D. The number of fused-ring (bicyclic) bond motifs is 3. The number of aromatic nitrogens is 2. The highest BCUT2D eigenvalue weighted by Gasteiger charge is 2.23. The van der Waals surface area contributed by atoms with Crippen LogP contribution in [0.2, 0.25) is 0 Å². The van der Waals surface area contributed by atoms with Gasteiger partial charge in [0.1, 0.15) is 7.05 Å². The first kappa shape index (κ1) is 12.7. The Hall–Kier alpha value is -2.68. The van der Waals surface area contributed by atoms with Gasteiger partial charge >= 0.3 is 0 Å². The van der Waals surface area contributed by atoms with Crippen LogP contribution in [-0.2, 0) is 19.8 Å². The van der Waals surface area contributed by atoms with Crippen molar-refractivity contribution in [1.29, 1.82) is 0 Å². The summed E-state index contributed by atoms with van der Waals surface area (Å²) < 4.78 is 56.7. The van der Waals surface area contributed by atoms with Crippen molar-refractivity contribution in [3.05, 3.63) is 58.9 Å². The fourth-order valence-corrected chi connectivity index (χ4v) is 3.78. The number of hydrogen-bond donors (Lipinski definition) is 0. The van der Waals surface area contributed by atoms with Crippen molar-refractivity contribution in [3.63, 3.8) is 0 Å². The minimum Gasteiger partial charge on any atom is -0.437 e. The summed E-state index contributed by atoms with van der Waals surface area (Å²) >= 11 is 0. The van der Waals surface area contributed by atoms with Crippen molar-refractivity contribution in [1.82, 2.24) is 4.98 Å². The predicted molar refractivity (Wildman–Crippen MR) is 116 cm³/mol. The van der Waals surface area contributed by atoms with E-state index in [-0.39, 0.29) is 5.56 Å². The molecule has 0 aliphatic carbocycles. The highest BCUT2D eigenvalue weighted by atomic mass is 16.3. The molecule has 0 saturated carbocycles. The molecule has 0 aliphatic rings. The first-order chi connectivity index (χ1) is 15.7. The molecule has 0 aliphatic heterocycles. The molecule has 28 heavy (non-hydrogen) atoms. The van der Waals surface area contributed by atoms with Gasteiger partial charge in [0.15, 0.2) is 11.8 Å². The van der Waals surface area contributed by atoms with E-state index in [2.05, 4.69) is 4.98 Å². The lowest BCUT2D eigenvalue weighted by molar-refractivity contribution is -0.660. The molecule has 0 saturated heterocycles. The van der Waals surface area contributed by atoms with Crippen LogP contribution in [0.15, 0.2) is 40.9 Å². The van der Waals surface area contributed by atoms with Crippen molar-refractivity contribution in [2.75, 3.05) is 0 Å². The zero-order chi connectivity index (χ0) is 25.2. The van der Waals surface area contributed by atoms with Crippen molar-refractivity contribution < 1.29 is 17.2 Å². The average molecular weight is 380 g/mol. The highest BCUT2D eigenvalue weighted by Crippen LogP contribution is 2.37. The number of hydrogen-bond acceptors (Lipinski definition) is 2. The second kappa shape index (κ2) is 7.05. The molecule has 144 valence electrons. The summed E-state index contributed by atoms with van der Waals surface area (Å²) in [7, 11) is 1.75. The molecule has 1 aromatic carbocycles. The van der Waals surface area contributed by atoms with E-state index in [9.17, 15) is 0 Å². The SMILES string of the molecule is [2H]C(C)(C)c1cc(-c2c(C)ccc3c2oc2nc(CC)ccc23)[n+](C)cc1C([2H])([2H])C([2H])([2H])[2H]. The molecule has 3 heteroatoms. The molecule has 0 spiro atoms. The molecule has 0 bridgehead atoms. The van der Waals surface area contributed by atoms with Crippen molar-refractivity contribution >= 4 is 22.1 Å². The molecule has 0 fully saturated rings. The van der Waals surface area contributed by atoms with Crippen molar-refractivity contribution in [2.24, 2.45) is 7.05 Å². The summed E-state index contributed by atoms with van der Waals surface area (Å²) in [6, 6.07) is 9.74. The maximum atomic E-state index is 8.68. The molecule has 4 aromatic rings. The minimum atomic E-state index is -2.88. The maximum Gasteiger partial charge on any atom is 0.227 e. The van der Waals surface area contributed by atoms with E-state index < -0.39 is 19.1 Å². The molecular formula is C25H29N2O+. The highest BCUT2D eigenvalue weighted by molar-refractivity contribution is 6.08. The van der Waals surface area contributed by atoms with Crippen molar-refractivity contribution in [2.45, 2.75) is 53.2 Å². The average Bonchev–Trinajstić information content (AvgIpc) is 3.09. The number of pyridine rings is 2. The number of rotatable bonds is 4. The van der Waals surface area contributed by atoms with Gasteiger partial charge in [-0.25, -0.2) is 9.55 Å². The molecule has 0 unspecified atom stereocenters. The van der Waals surface area contributed by atoms with Gasteiger partial charge in [0.2, 0.25) is 11.4 Å². The van der Waals surface area contributed by atoms with Gasteiger partial charge in [-0.15, -0.1) is 0 Å². The first-order valence-corrected chi connectivity index (χ1v) is 9.53. The third-order valence-corrected chi connectivity index (χ3v) is 5.34. The van der Waals surface area contributed by atoms with E-state index in [1.807, 2.05) is 38.1 Å². The number of aryl methyl sites for hydroxylation is 4. The third kappa shape index (κ3) is 2.90. The first-order valence-electron chi connectivity index (χ1n) is 12.5. The zero-order valence-corrected chi connectivity index (χ0v) is 17.0.